The van der Waals surface area contributed by atoms with Gasteiger partial charge in [0.1, 0.15) is 0 Å². The summed E-state index contributed by atoms with van der Waals surface area (Å²) >= 11 is 0. The summed E-state index contributed by atoms with van der Waals surface area (Å²) in [5.74, 6) is -4.06. The lowest BCUT2D eigenvalue weighted by Crippen LogP contribution is -2.28. The zero-order chi connectivity index (χ0) is 19.8. The molecule has 8 nitrogen and oxygen atoms in total. The Bertz CT molecular complexity index is 633. The molecule has 0 unspecified atom stereocenters. The summed E-state index contributed by atoms with van der Waals surface area (Å²) in [6, 6.07) is 4.36. The van der Waals surface area contributed by atoms with E-state index in [-0.39, 0.29) is 18.0 Å². The first-order chi connectivity index (χ1) is 11.4. The Morgan fingerprint density at radius 3 is 2.12 bits per heavy atom. The summed E-state index contributed by atoms with van der Waals surface area (Å²) in [6.45, 7) is 3.59. The van der Waals surface area contributed by atoms with Gasteiger partial charge in [-0.3, -0.25) is 9.63 Å². The minimum Gasteiger partial charge on any atom is -0.478 e. The Morgan fingerprint density at radius 2 is 1.76 bits per heavy atom. The maximum Gasteiger partial charge on any atom is 0.490 e. The van der Waals surface area contributed by atoms with E-state index in [1.807, 2.05) is 0 Å². The van der Waals surface area contributed by atoms with E-state index >= 15 is 0 Å². The molecule has 0 saturated carbocycles. The van der Waals surface area contributed by atoms with Gasteiger partial charge in [0.05, 0.1) is 18.7 Å². The van der Waals surface area contributed by atoms with E-state index in [2.05, 4.69) is 0 Å². The van der Waals surface area contributed by atoms with Crippen molar-refractivity contribution in [1.82, 2.24) is 5.06 Å². The van der Waals surface area contributed by atoms with Crippen LogP contribution in [0.5, 0.6) is 0 Å². The van der Waals surface area contributed by atoms with Crippen molar-refractivity contribution < 1.29 is 42.6 Å². The van der Waals surface area contributed by atoms with E-state index in [4.69, 9.17) is 25.6 Å². The van der Waals surface area contributed by atoms with Crippen LogP contribution in [0.2, 0.25) is 0 Å². The third kappa shape index (κ3) is 8.01. The normalized spacial score (nSPS) is 10.4. The molecule has 0 aliphatic rings. The molecule has 11 heteroatoms. The number of hydrogen-bond acceptors (Lipinski definition) is 5. The Hall–Kier alpha value is -2.82. The van der Waals surface area contributed by atoms with Crippen molar-refractivity contribution in [2.24, 2.45) is 0 Å². The zero-order valence-electron chi connectivity index (χ0n) is 13.3. The van der Waals surface area contributed by atoms with Gasteiger partial charge in [0.25, 0.3) is 0 Å². The second-order valence-corrected chi connectivity index (χ2v) is 4.50. The number of carbonyl (C=O) groups excluding carboxylic acids is 1. The van der Waals surface area contributed by atoms with Gasteiger partial charge in [-0.05, 0) is 30.7 Å². The van der Waals surface area contributed by atoms with Crippen molar-refractivity contribution >= 4 is 23.5 Å². The number of hydrogen-bond donors (Lipinski definition) is 3. The van der Waals surface area contributed by atoms with E-state index in [0.29, 0.717) is 17.9 Å². The fraction of sp³-hybridized carbons (Fsp3) is 0.357. The van der Waals surface area contributed by atoms with E-state index in [0.717, 1.165) is 5.06 Å². The summed E-state index contributed by atoms with van der Waals surface area (Å²) < 4.78 is 31.7. The number of nitrogen functional groups attached to an aromatic ring is 1. The first kappa shape index (κ1) is 22.2. The topological polar surface area (TPSA) is 130 Å². The third-order valence-corrected chi connectivity index (χ3v) is 2.58. The number of amides is 1. The van der Waals surface area contributed by atoms with Crippen LogP contribution >= 0.6 is 0 Å². The molecule has 0 saturated heterocycles. The van der Waals surface area contributed by atoms with Crippen molar-refractivity contribution in [3.63, 3.8) is 0 Å². The molecule has 1 rings (SSSR count). The summed E-state index contributed by atoms with van der Waals surface area (Å²) in [7, 11) is 0. The number of carboxylic acid groups (broad SMARTS) is 2. The predicted octanol–water partition coefficient (Wildman–Crippen LogP) is 1.90. The zero-order valence-corrected chi connectivity index (χ0v) is 13.3. The van der Waals surface area contributed by atoms with Crippen molar-refractivity contribution in [2.45, 2.75) is 26.6 Å². The molecule has 0 aliphatic heterocycles. The van der Waals surface area contributed by atoms with Crippen molar-refractivity contribution in [1.29, 1.82) is 0 Å². The van der Waals surface area contributed by atoms with Gasteiger partial charge >= 0.3 is 18.1 Å². The molecule has 0 fully saturated rings. The molecule has 1 aromatic carbocycles. The number of aliphatic carboxylic acids is 1. The molecular weight excluding hydrogens is 349 g/mol. The first-order valence-corrected chi connectivity index (χ1v) is 6.72. The van der Waals surface area contributed by atoms with Gasteiger partial charge in [0, 0.05) is 12.6 Å². The molecule has 0 aliphatic carbocycles. The molecule has 0 bridgehead atoms. The Balaban J connectivity index is 0.000000697. The van der Waals surface area contributed by atoms with Crippen LogP contribution in [0.15, 0.2) is 18.2 Å². The fourth-order valence-corrected chi connectivity index (χ4v) is 1.43. The van der Waals surface area contributed by atoms with Crippen LogP contribution in [-0.2, 0) is 21.0 Å². The van der Waals surface area contributed by atoms with Crippen LogP contribution in [0.4, 0.5) is 18.9 Å². The van der Waals surface area contributed by atoms with E-state index in [1.165, 1.54) is 25.1 Å². The standard InChI is InChI=1S/C12H16N2O4.C2HF3O2/c1-3-18-14(8(2)15)7-10-6-9(12(16)17)4-5-11(10)13;3-2(4,5)1(6)7/h4-6H,3,7,13H2,1-2H3,(H,16,17);(H,6,7). The lowest BCUT2D eigenvalue weighted by molar-refractivity contribution is -0.192. The van der Waals surface area contributed by atoms with Gasteiger partial charge in [-0.1, -0.05) is 0 Å². The van der Waals surface area contributed by atoms with Gasteiger partial charge in [-0.2, -0.15) is 13.2 Å². The Labute approximate surface area is 140 Å². The number of carboxylic acids is 2. The number of rotatable bonds is 5. The molecule has 1 amide bonds. The number of nitrogens with zero attached hydrogens (tertiary/aromatic N) is 1. The molecule has 1 aromatic rings. The van der Waals surface area contributed by atoms with Gasteiger partial charge in [-0.25, -0.2) is 14.7 Å². The van der Waals surface area contributed by atoms with Gasteiger partial charge < -0.3 is 15.9 Å². The monoisotopic (exact) mass is 366 g/mol. The van der Waals surface area contributed by atoms with Crippen LogP contribution < -0.4 is 5.73 Å². The number of aromatic carboxylic acids is 1. The number of halogens is 3. The number of carbonyl (C=O) groups is 3. The smallest absolute Gasteiger partial charge is 0.478 e. The van der Waals surface area contributed by atoms with Gasteiger partial charge in [-0.15, -0.1) is 0 Å². The van der Waals surface area contributed by atoms with Gasteiger partial charge in [0.15, 0.2) is 0 Å². The minimum atomic E-state index is -5.08. The average Bonchev–Trinajstić information content (AvgIpc) is 2.48. The number of anilines is 1. The second kappa shape index (κ2) is 9.47. The summed E-state index contributed by atoms with van der Waals surface area (Å²) in [4.78, 5) is 36.2. The van der Waals surface area contributed by atoms with E-state index in [1.54, 1.807) is 6.92 Å². The molecule has 0 radical (unpaired) electrons. The van der Waals surface area contributed by atoms with Crippen LogP contribution in [0.25, 0.3) is 0 Å². The highest BCUT2D eigenvalue weighted by molar-refractivity contribution is 5.88. The van der Waals surface area contributed by atoms with Crippen LogP contribution in [0.1, 0.15) is 29.8 Å². The third-order valence-electron chi connectivity index (χ3n) is 2.58. The highest BCUT2D eigenvalue weighted by Gasteiger charge is 2.38. The first-order valence-electron chi connectivity index (χ1n) is 6.72. The minimum absolute atomic E-state index is 0.121. The van der Waals surface area contributed by atoms with Crippen molar-refractivity contribution in [3.8, 4) is 0 Å². The van der Waals surface area contributed by atoms with Crippen molar-refractivity contribution in [3.05, 3.63) is 29.3 Å². The van der Waals surface area contributed by atoms with Crippen LogP contribution in [0.3, 0.4) is 0 Å². The number of benzene rings is 1. The maximum absolute atomic E-state index is 11.3. The summed E-state index contributed by atoms with van der Waals surface area (Å²) in [5, 5.41) is 17.2. The van der Waals surface area contributed by atoms with Crippen molar-refractivity contribution in [2.75, 3.05) is 12.3 Å². The highest BCUT2D eigenvalue weighted by atomic mass is 19.4. The number of alkyl halides is 3. The Kier molecular flexibility index (Phi) is 8.40. The molecule has 0 atom stereocenters. The summed E-state index contributed by atoms with van der Waals surface area (Å²) in [6.07, 6.45) is -5.08. The largest absolute Gasteiger partial charge is 0.490 e. The fourth-order valence-electron chi connectivity index (χ4n) is 1.43. The molecule has 0 heterocycles. The number of nitrogens with two attached hydrogens (primary N) is 1. The van der Waals surface area contributed by atoms with E-state index in [9.17, 15) is 22.8 Å². The maximum atomic E-state index is 11.3. The molecule has 4 N–H and O–H groups in total. The molecular formula is C14H17F3N2O6. The molecule has 0 aromatic heterocycles. The van der Waals surface area contributed by atoms with E-state index < -0.39 is 18.1 Å². The van der Waals surface area contributed by atoms with Gasteiger partial charge in [0.2, 0.25) is 5.91 Å². The summed E-state index contributed by atoms with van der Waals surface area (Å²) in [5.41, 5.74) is 6.83. The lowest BCUT2D eigenvalue weighted by Gasteiger charge is -2.20. The SMILES string of the molecule is CCON(Cc1cc(C(=O)O)ccc1N)C(C)=O.O=C(O)C(F)(F)F. The predicted molar refractivity (Wildman–Crippen MR) is 79.4 cm³/mol. The quantitative estimate of drug-likeness (QED) is 0.536. The highest BCUT2D eigenvalue weighted by Crippen LogP contribution is 2.17. The Morgan fingerprint density at radius 1 is 1.24 bits per heavy atom. The molecule has 0 spiro atoms. The molecule has 25 heavy (non-hydrogen) atoms. The lowest BCUT2D eigenvalue weighted by atomic mass is 10.1. The van der Waals surface area contributed by atoms with Crippen LogP contribution in [-0.4, -0.2) is 45.9 Å². The second-order valence-electron chi connectivity index (χ2n) is 4.50. The van der Waals surface area contributed by atoms with Crippen LogP contribution in [0, 0.1) is 0 Å². The number of hydroxylamine groups is 2. The average molecular weight is 366 g/mol. The molecule has 140 valence electrons.